The molecule has 1 aliphatic rings. The maximum absolute atomic E-state index is 12.6. The van der Waals surface area contributed by atoms with Crippen molar-refractivity contribution in [3.63, 3.8) is 0 Å². The Morgan fingerprint density at radius 1 is 1.50 bits per heavy atom. The van der Waals surface area contributed by atoms with E-state index in [1.54, 1.807) is 11.9 Å². The Hall–Kier alpha value is -1.53. The highest BCUT2D eigenvalue weighted by atomic mass is 35.5. The predicted molar refractivity (Wildman–Crippen MR) is 79.1 cm³/mol. The summed E-state index contributed by atoms with van der Waals surface area (Å²) in [5.41, 5.74) is 0.0782. The Bertz CT molecular complexity index is 558. The zero-order valence-electron chi connectivity index (χ0n) is 12.1. The second-order valence-corrected chi connectivity index (χ2v) is 6.23. The predicted octanol–water partition coefficient (Wildman–Crippen LogP) is 3.80. The normalized spacial score (nSPS) is 26.2. The monoisotopic (exact) mass is 290 g/mol. The number of carbonyl (C=O) groups is 1. The lowest BCUT2D eigenvalue weighted by molar-refractivity contribution is -0.146. The Labute approximate surface area is 125 Å². The van der Waals surface area contributed by atoms with Gasteiger partial charge < -0.3 is 4.90 Å². The summed E-state index contributed by atoms with van der Waals surface area (Å²) >= 11 is 6.18. The van der Waals surface area contributed by atoms with Gasteiger partial charge in [-0.05, 0) is 37.3 Å². The fourth-order valence-corrected chi connectivity index (χ4v) is 3.27. The van der Waals surface area contributed by atoms with Crippen molar-refractivity contribution < 1.29 is 4.79 Å². The maximum Gasteiger partial charge on any atom is 0.243 e. The Kier molecular flexibility index (Phi) is 4.06. The van der Waals surface area contributed by atoms with E-state index in [1.807, 2.05) is 31.2 Å². The van der Waals surface area contributed by atoms with E-state index >= 15 is 0 Å². The molecule has 1 aromatic carbocycles. The van der Waals surface area contributed by atoms with Gasteiger partial charge in [0.25, 0.3) is 0 Å². The van der Waals surface area contributed by atoms with Crippen molar-refractivity contribution in [1.82, 2.24) is 4.90 Å². The second-order valence-electron chi connectivity index (χ2n) is 5.82. The van der Waals surface area contributed by atoms with Gasteiger partial charge in [0.1, 0.15) is 5.41 Å². The molecule has 20 heavy (non-hydrogen) atoms. The third kappa shape index (κ3) is 2.41. The van der Waals surface area contributed by atoms with Gasteiger partial charge in [-0.25, -0.2) is 0 Å². The summed E-state index contributed by atoms with van der Waals surface area (Å²) < 4.78 is 0. The van der Waals surface area contributed by atoms with Crippen molar-refractivity contribution in [3.8, 4) is 6.07 Å². The molecule has 1 aliphatic carbocycles. The molecule has 1 amide bonds. The number of amides is 1. The zero-order valence-corrected chi connectivity index (χ0v) is 12.8. The van der Waals surface area contributed by atoms with Crippen molar-refractivity contribution in [3.05, 3.63) is 34.9 Å². The largest absolute Gasteiger partial charge is 0.338 e. The van der Waals surface area contributed by atoms with Crippen LogP contribution in [0.3, 0.4) is 0 Å². The maximum atomic E-state index is 12.6. The standard InChI is InChI=1S/C16H19ClN2O/c1-11-8-16(9-11,10-18)15(20)19(3)12(2)13-6-4-5-7-14(13)17/h4-7,11-12H,8-9H2,1-3H3. The SMILES string of the molecule is CC1CC(C#N)(C(=O)N(C)C(C)c2ccccc2Cl)C1. The summed E-state index contributed by atoms with van der Waals surface area (Å²) in [6.45, 7) is 4.01. The van der Waals surface area contributed by atoms with Gasteiger partial charge in [0.2, 0.25) is 5.91 Å². The fourth-order valence-electron chi connectivity index (χ4n) is 2.98. The van der Waals surface area contributed by atoms with Crippen LogP contribution in [0.15, 0.2) is 24.3 Å². The number of benzene rings is 1. The molecule has 3 nitrogen and oxygen atoms in total. The van der Waals surface area contributed by atoms with Crippen LogP contribution < -0.4 is 0 Å². The number of hydrogen-bond acceptors (Lipinski definition) is 2. The Morgan fingerprint density at radius 2 is 2.10 bits per heavy atom. The van der Waals surface area contributed by atoms with Gasteiger partial charge in [0.15, 0.2) is 0 Å². The van der Waals surface area contributed by atoms with Gasteiger partial charge >= 0.3 is 0 Å². The van der Waals surface area contributed by atoms with Gasteiger partial charge in [-0.2, -0.15) is 5.26 Å². The molecule has 4 heteroatoms. The molecule has 1 atom stereocenters. The average molecular weight is 291 g/mol. The van der Waals surface area contributed by atoms with Crippen molar-refractivity contribution in [1.29, 1.82) is 5.26 Å². The van der Waals surface area contributed by atoms with Gasteiger partial charge in [-0.15, -0.1) is 0 Å². The molecule has 106 valence electrons. The molecule has 0 aliphatic heterocycles. The number of rotatable bonds is 3. The lowest BCUT2D eigenvalue weighted by Crippen LogP contribution is -2.49. The molecule has 0 saturated heterocycles. The molecule has 1 saturated carbocycles. The Balaban J connectivity index is 2.19. The number of hydrogen-bond donors (Lipinski definition) is 0. The molecule has 0 bridgehead atoms. The first-order chi connectivity index (χ1) is 9.41. The molecule has 0 spiro atoms. The minimum Gasteiger partial charge on any atom is -0.338 e. The van der Waals surface area contributed by atoms with E-state index in [4.69, 9.17) is 11.6 Å². The molecule has 0 N–H and O–H groups in total. The zero-order chi connectivity index (χ0) is 14.9. The molecule has 1 unspecified atom stereocenters. The first-order valence-corrected chi connectivity index (χ1v) is 7.22. The highest BCUT2D eigenvalue weighted by molar-refractivity contribution is 6.31. The van der Waals surface area contributed by atoms with E-state index in [2.05, 4.69) is 13.0 Å². The highest BCUT2D eigenvalue weighted by Crippen LogP contribution is 2.47. The van der Waals surface area contributed by atoms with E-state index in [1.165, 1.54) is 0 Å². The van der Waals surface area contributed by atoms with Crippen molar-refractivity contribution >= 4 is 17.5 Å². The topological polar surface area (TPSA) is 44.1 Å². The van der Waals surface area contributed by atoms with Crippen LogP contribution in [0.5, 0.6) is 0 Å². The number of carbonyl (C=O) groups excluding carboxylic acids is 1. The minimum absolute atomic E-state index is 0.0921. The van der Waals surface area contributed by atoms with Crippen LogP contribution in [0, 0.1) is 22.7 Å². The van der Waals surface area contributed by atoms with Crippen LogP contribution in [-0.4, -0.2) is 17.9 Å². The summed E-state index contributed by atoms with van der Waals surface area (Å²) in [7, 11) is 1.75. The van der Waals surface area contributed by atoms with Gasteiger partial charge in [-0.3, -0.25) is 4.79 Å². The highest BCUT2D eigenvalue weighted by Gasteiger charge is 2.50. The molecular weight excluding hydrogens is 272 g/mol. The molecule has 1 aromatic rings. The van der Waals surface area contributed by atoms with Crippen LogP contribution in [0.25, 0.3) is 0 Å². The van der Waals surface area contributed by atoms with Crippen molar-refractivity contribution in [2.75, 3.05) is 7.05 Å². The first-order valence-electron chi connectivity index (χ1n) is 6.84. The molecule has 1 fully saturated rings. The van der Waals surface area contributed by atoms with Gasteiger partial charge in [-0.1, -0.05) is 36.7 Å². The summed E-state index contributed by atoms with van der Waals surface area (Å²) in [4.78, 5) is 14.3. The summed E-state index contributed by atoms with van der Waals surface area (Å²) in [6.07, 6.45) is 1.31. The van der Waals surface area contributed by atoms with Crippen molar-refractivity contribution in [2.24, 2.45) is 11.3 Å². The minimum atomic E-state index is -0.830. The van der Waals surface area contributed by atoms with E-state index in [0.717, 1.165) is 5.56 Å². The van der Waals surface area contributed by atoms with E-state index < -0.39 is 5.41 Å². The van der Waals surface area contributed by atoms with Crippen LogP contribution in [0.4, 0.5) is 0 Å². The molecule has 2 rings (SSSR count). The van der Waals surface area contributed by atoms with Gasteiger partial charge in [0.05, 0.1) is 12.1 Å². The third-order valence-electron chi connectivity index (χ3n) is 4.27. The quantitative estimate of drug-likeness (QED) is 0.850. The second kappa shape index (κ2) is 5.46. The molecule has 0 heterocycles. The van der Waals surface area contributed by atoms with E-state index in [-0.39, 0.29) is 11.9 Å². The Morgan fingerprint density at radius 3 is 2.60 bits per heavy atom. The van der Waals surface area contributed by atoms with E-state index in [9.17, 15) is 10.1 Å². The van der Waals surface area contributed by atoms with Crippen LogP contribution >= 0.6 is 11.6 Å². The van der Waals surface area contributed by atoms with Crippen LogP contribution in [0.2, 0.25) is 5.02 Å². The lowest BCUT2D eigenvalue weighted by atomic mass is 9.62. The van der Waals surface area contributed by atoms with Gasteiger partial charge in [0, 0.05) is 12.1 Å². The summed E-state index contributed by atoms with van der Waals surface area (Å²) in [6, 6.07) is 9.58. The number of nitrogens with zero attached hydrogens (tertiary/aromatic N) is 2. The fraction of sp³-hybridized carbons (Fsp3) is 0.500. The van der Waals surface area contributed by atoms with Crippen LogP contribution in [0.1, 0.15) is 38.3 Å². The average Bonchev–Trinajstić information content (AvgIpc) is 2.42. The first kappa shape index (κ1) is 14.9. The lowest BCUT2D eigenvalue weighted by Gasteiger charge is -2.43. The summed E-state index contributed by atoms with van der Waals surface area (Å²) in [5.74, 6) is 0.355. The number of halogens is 1. The van der Waals surface area contributed by atoms with Crippen molar-refractivity contribution in [2.45, 2.75) is 32.7 Å². The number of nitriles is 1. The van der Waals surface area contributed by atoms with Crippen LogP contribution in [-0.2, 0) is 4.79 Å². The van der Waals surface area contributed by atoms with E-state index in [0.29, 0.717) is 23.8 Å². The molecular formula is C16H19ClN2O. The summed E-state index contributed by atoms with van der Waals surface area (Å²) in [5, 5.41) is 10.0. The third-order valence-corrected chi connectivity index (χ3v) is 4.62. The molecule has 0 radical (unpaired) electrons. The molecule has 0 aromatic heterocycles. The smallest absolute Gasteiger partial charge is 0.243 e.